The molecule has 1 amide bonds. The zero-order chi connectivity index (χ0) is 15.7. The molecule has 0 atom stereocenters. The molecular formula is C13H10ClNO5S. The lowest BCUT2D eigenvalue weighted by Crippen LogP contribution is -2.32. The number of hydrogen-bond acceptors (Lipinski definition) is 5. The van der Waals surface area contributed by atoms with E-state index in [1.807, 2.05) is 5.32 Å². The molecule has 0 spiro atoms. The van der Waals surface area contributed by atoms with Crippen molar-refractivity contribution < 1.29 is 19.8 Å². The van der Waals surface area contributed by atoms with Crippen molar-refractivity contribution in [2.24, 2.45) is 0 Å². The Morgan fingerprint density at radius 1 is 1.38 bits per heavy atom. The molecule has 1 heterocycles. The first kappa shape index (κ1) is 15.3. The summed E-state index contributed by atoms with van der Waals surface area (Å²) < 4.78 is 0.525. The van der Waals surface area contributed by atoms with Crippen LogP contribution in [0.3, 0.4) is 0 Å². The maximum Gasteiger partial charge on any atom is 0.322 e. The zero-order valence-electron chi connectivity index (χ0n) is 10.8. The Kier molecular flexibility index (Phi) is 4.15. The van der Waals surface area contributed by atoms with Crippen LogP contribution in [0.4, 0.5) is 0 Å². The first-order valence-electron chi connectivity index (χ1n) is 5.77. The number of carbonyl (C=O) groups is 2. The molecule has 2 rings (SSSR count). The predicted molar refractivity (Wildman–Crippen MR) is 79.5 cm³/mol. The smallest absolute Gasteiger partial charge is 0.322 e. The molecule has 2 aromatic rings. The lowest BCUT2D eigenvalue weighted by atomic mass is 10.1. The molecule has 6 nitrogen and oxygen atoms in total. The van der Waals surface area contributed by atoms with E-state index >= 15 is 0 Å². The minimum atomic E-state index is -1.25. The van der Waals surface area contributed by atoms with Gasteiger partial charge in [0.25, 0.3) is 5.91 Å². The van der Waals surface area contributed by atoms with Gasteiger partial charge in [-0.2, -0.15) is 0 Å². The Balaban J connectivity index is 2.63. The normalized spacial score (nSPS) is 10.6. The molecule has 1 aromatic carbocycles. The number of rotatable bonds is 3. The van der Waals surface area contributed by atoms with Crippen molar-refractivity contribution in [2.75, 3.05) is 6.54 Å². The molecule has 0 aliphatic carbocycles. The number of aryl methyl sites for hydroxylation is 1. The molecule has 0 saturated heterocycles. The molecule has 0 radical (unpaired) electrons. The van der Waals surface area contributed by atoms with E-state index in [4.69, 9.17) is 16.7 Å². The second-order valence-corrected chi connectivity index (χ2v) is 5.72. The summed E-state index contributed by atoms with van der Waals surface area (Å²) in [5, 5.41) is 20.6. The Hall–Kier alpha value is -2.12. The average molecular weight is 328 g/mol. The first-order chi connectivity index (χ1) is 9.81. The fourth-order valence-corrected chi connectivity index (χ4v) is 3.09. The van der Waals surface area contributed by atoms with E-state index in [-0.39, 0.29) is 5.39 Å². The maximum absolute atomic E-state index is 12.3. The molecule has 3 N–H and O–H groups in total. The number of hydrogen-bond donors (Lipinski definition) is 3. The van der Waals surface area contributed by atoms with Gasteiger partial charge in [0.1, 0.15) is 12.1 Å². The van der Waals surface area contributed by atoms with Crippen LogP contribution in [0.15, 0.2) is 16.9 Å². The van der Waals surface area contributed by atoms with E-state index in [0.29, 0.717) is 15.3 Å². The topological polar surface area (TPSA) is 104 Å². The van der Waals surface area contributed by atoms with E-state index in [1.54, 1.807) is 13.0 Å². The Bertz CT molecular complexity index is 814. The monoisotopic (exact) mass is 327 g/mol. The minimum absolute atomic E-state index is 0.211. The fourth-order valence-electron chi connectivity index (χ4n) is 1.86. The number of amides is 1. The zero-order valence-corrected chi connectivity index (χ0v) is 12.3. The average Bonchev–Trinajstić information content (AvgIpc) is 2.38. The SMILES string of the molecule is Cc1cc(Cl)cc2c(=O)c(C(=O)NCC(=O)O)c(O)sc12. The van der Waals surface area contributed by atoms with Crippen LogP contribution in [0.2, 0.25) is 5.02 Å². The van der Waals surface area contributed by atoms with Gasteiger partial charge in [0.05, 0.1) is 0 Å². The largest absolute Gasteiger partial charge is 0.499 e. The highest BCUT2D eigenvalue weighted by Gasteiger charge is 2.20. The van der Waals surface area contributed by atoms with E-state index in [0.717, 1.165) is 11.3 Å². The van der Waals surface area contributed by atoms with Gasteiger partial charge in [-0.1, -0.05) is 22.9 Å². The third-order valence-electron chi connectivity index (χ3n) is 2.75. The number of fused-ring (bicyclic) bond motifs is 1. The third kappa shape index (κ3) is 2.98. The third-order valence-corrected chi connectivity index (χ3v) is 4.11. The van der Waals surface area contributed by atoms with Gasteiger partial charge in [-0.3, -0.25) is 14.4 Å². The maximum atomic E-state index is 12.3. The second kappa shape index (κ2) is 5.71. The summed E-state index contributed by atoms with van der Waals surface area (Å²) in [6.07, 6.45) is 0. The molecule has 0 fully saturated rings. The Morgan fingerprint density at radius 2 is 2.05 bits per heavy atom. The van der Waals surface area contributed by atoms with Crippen molar-refractivity contribution in [1.29, 1.82) is 0 Å². The summed E-state index contributed by atoms with van der Waals surface area (Å²) in [5.41, 5.74) is -0.461. The summed E-state index contributed by atoms with van der Waals surface area (Å²) >= 11 is 6.76. The number of carboxylic acid groups (broad SMARTS) is 1. The summed E-state index contributed by atoms with van der Waals surface area (Å²) in [6.45, 7) is 1.09. The number of carboxylic acids is 1. The van der Waals surface area contributed by atoms with Gasteiger partial charge in [0.2, 0.25) is 5.43 Å². The van der Waals surface area contributed by atoms with Crippen molar-refractivity contribution in [3.63, 3.8) is 0 Å². The van der Waals surface area contributed by atoms with Crippen LogP contribution in [0.5, 0.6) is 5.06 Å². The highest BCUT2D eigenvalue weighted by atomic mass is 35.5. The molecule has 0 aliphatic rings. The molecule has 21 heavy (non-hydrogen) atoms. The van der Waals surface area contributed by atoms with Gasteiger partial charge in [-0.25, -0.2) is 0 Å². The first-order valence-corrected chi connectivity index (χ1v) is 6.96. The fraction of sp³-hybridized carbons (Fsp3) is 0.154. The van der Waals surface area contributed by atoms with Gasteiger partial charge in [0.15, 0.2) is 5.06 Å². The molecule has 8 heteroatoms. The molecule has 0 unspecified atom stereocenters. The van der Waals surface area contributed by atoms with Crippen LogP contribution in [-0.2, 0) is 4.79 Å². The Morgan fingerprint density at radius 3 is 2.67 bits per heavy atom. The second-order valence-electron chi connectivity index (χ2n) is 4.29. The Labute approximate surface area is 127 Å². The van der Waals surface area contributed by atoms with Crippen molar-refractivity contribution >= 4 is 44.9 Å². The summed E-state index contributed by atoms with van der Waals surface area (Å²) in [4.78, 5) is 34.6. The molecule has 0 aliphatic heterocycles. The van der Waals surface area contributed by atoms with Crippen molar-refractivity contribution in [1.82, 2.24) is 5.32 Å². The van der Waals surface area contributed by atoms with Gasteiger partial charge >= 0.3 is 5.97 Å². The molecule has 0 saturated carbocycles. The standard InChI is InChI=1S/C13H10ClNO5S/c1-5-2-6(14)3-7-10(18)9(13(20)21-11(5)7)12(19)15-4-8(16)17/h2-3,20H,4H2,1H3,(H,15,19)(H,16,17). The highest BCUT2D eigenvalue weighted by Crippen LogP contribution is 2.31. The molecular weight excluding hydrogens is 318 g/mol. The molecule has 0 bridgehead atoms. The van der Waals surface area contributed by atoms with Gasteiger partial charge in [-0.15, -0.1) is 0 Å². The number of halogens is 1. The number of benzene rings is 1. The quantitative estimate of drug-likeness (QED) is 0.796. The summed E-state index contributed by atoms with van der Waals surface area (Å²) in [7, 11) is 0. The van der Waals surface area contributed by atoms with Crippen LogP contribution >= 0.6 is 22.9 Å². The molecule has 1 aromatic heterocycles. The van der Waals surface area contributed by atoms with Crippen molar-refractivity contribution in [3.05, 3.63) is 38.5 Å². The number of carbonyl (C=O) groups excluding carboxylic acids is 1. The van der Waals surface area contributed by atoms with Crippen LogP contribution < -0.4 is 10.7 Å². The van der Waals surface area contributed by atoms with Gasteiger partial charge < -0.3 is 15.5 Å². The predicted octanol–water partition coefficient (Wildman–Crippen LogP) is 1.74. The van der Waals surface area contributed by atoms with Gasteiger partial charge in [-0.05, 0) is 24.6 Å². The van der Waals surface area contributed by atoms with Crippen LogP contribution in [0.1, 0.15) is 15.9 Å². The van der Waals surface area contributed by atoms with E-state index in [9.17, 15) is 19.5 Å². The number of aliphatic carboxylic acids is 1. The highest BCUT2D eigenvalue weighted by molar-refractivity contribution is 7.20. The lowest BCUT2D eigenvalue weighted by molar-refractivity contribution is -0.135. The van der Waals surface area contributed by atoms with Crippen molar-refractivity contribution in [3.8, 4) is 5.06 Å². The number of aromatic hydroxyl groups is 1. The van der Waals surface area contributed by atoms with Crippen LogP contribution in [0.25, 0.3) is 10.1 Å². The minimum Gasteiger partial charge on any atom is -0.499 e. The summed E-state index contributed by atoms with van der Waals surface area (Å²) in [6, 6.07) is 3.06. The number of nitrogens with one attached hydrogen (secondary N) is 1. The van der Waals surface area contributed by atoms with Crippen molar-refractivity contribution in [2.45, 2.75) is 6.92 Å². The van der Waals surface area contributed by atoms with E-state index < -0.39 is 34.5 Å². The summed E-state index contributed by atoms with van der Waals surface area (Å²) in [5.74, 6) is -2.19. The van der Waals surface area contributed by atoms with Crippen LogP contribution in [-0.4, -0.2) is 28.6 Å². The van der Waals surface area contributed by atoms with Gasteiger partial charge in [0, 0.05) is 15.1 Å². The van der Waals surface area contributed by atoms with E-state index in [2.05, 4.69) is 0 Å². The van der Waals surface area contributed by atoms with Crippen LogP contribution in [0, 0.1) is 6.92 Å². The molecule has 110 valence electrons. The lowest BCUT2D eigenvalue weighted by Gasteiger charge is -2.07. The van der Waals surface area contributed by atoms with E-state index in [1.165, 1.54) is 6.07 Å².